The van der Waals surface area contributed by atoms with Crippen LogP contribution < -0.4 is 0 Å². The van der Waals surface area contributed by atoms with E-state index in [1.54, 1.807) is 18.2 Å². The summed E-state index contributed by atoms with van der Waals surface area (Å²) < 4.78 is 0. The Morgan fingerprint density at radius 1 is 0.893 bits per heavy atom. The van der Waals surface area contributed by atoms with Crippen LogP contribution in [0.2, 0.25) is 0 Å². The topological polar surface area (TPSA) is 40.5 Å². The van der Waals surface area contributed by atoms with Crippen LogP contribution in [0.5, 0.6) is 5.75 Å². The monoisotopic (exact) mass is 366 g/mol. The van der Waals surface area contributed by atoms with Crippen molar-refractivity contribution < 1.29 is 10.2 Å². The zero-order valence-electron chi connectivity index (χ0n) is 15.8. The summed E-state index contributed by atoms with van der Waals surface area (Å²) in [6.45, 7) is 5.66. The Balaban J connectivity index is 2.18. The van der Waals surface area contributed by atoms with Crippen LogP contribution in [0, 0.1) is 0 Å². The molecule has 1 aliphatic rings. The molecule has 0 spiro atoms. The molecule has 0 saturated carbocycles. The zero-order chi connectivity index (χ0) is 19.7. The highest BCUT2D eigenvalue weighted by atomic mass is 16.3. The molecule has 0 radical (unpaired) electrons. The smallest absolute Gasteiger partial charge is 0.115 e. The number of phenolic OH excluding ortho intramolecular Hbond substituents is 1. The molecular formula is C26H22O2. The molecular weight excluding hydrogens is 344 g/mol. The summed E-state index contributed by atoms with van der Waals surface area (Å²) in [6, 6.07) is 24.0. The molecule has 0 bridgehead atoms. The molecule has 0 atom stereocenters. The molecule has 28 heavy (non-hydrogen) atoms. The van der Waals surface area contributed by atoms with E-state index in [1.807, 2.05) is 49.4 Å². The Morgan fingerprint density at radius 3 is 2.04 bits per heavy atom. The van der Waals surface area contributed by atoms with Gasteiger partial charge >= 0.3 is 0 Å². The van der Waals surface area contributed by atoms with Crippen molar-refractivity contribution in [3.05, 3.63) is 126 Å². The summed E-state index contributed by atoms with van der Waals surface area (Å²) >= 11 is 0. The van der Waals surface area contributed by atoms with Gasteiger partial charge in [-0.1, -0.05) is 73.3 Å². The standard InChI is InChI=1S/C26H22O2/c1-3-18(16-20(27)4-2)26(19-10-9-11-21(28)17-19)24-14-7-5-12-22(24)23-13-6-8-15-25(23)26/h3-17,27-28H,2H2,1H3/b18-3+,20-16+. The van der Waals surface area contributed by atoms with Crippen molar-refractivity contribution in [2.24, 2.45) is 0 Å². The number of aliphatic hydroxyl groups is 1. The van der Waals surface area contributed by atoms with Crippen LogP contribution in [-0.2, 0) is 5.41 Å². The van der Waals surface area contributed by atoms with Gasteiger partial charge in [0, 0.05) is 0 Å². The Kier molecular flexibility index (Phi) is 4.40. The van der Waals surface area contributed by atoms with Gasteiger partial charge in [0.15, 0.2) is 0 Å². The van der Waals surface area contributed by atoms with Crippen LogP contribution in [0.1, 0.15) is 23.6 Å². The number of fused-ring (bicyclic) bond motifs is 3. The normalized spacial score (nSPS) is 15.0. The van der Waals surface area contributed by atoms with E-state index in [0.717, 1.165) is 33.4 Å². The number of hydrogen-bond acceptors (Lipinski definition) is 2. The van der Waals surface area contributed by atoms with Crippen molar-refractivity contribution in [1.29, 1.82) is 0 Å². The van der Waals surface area contributed by atoms with Gasteiger partial charge in [0.2, 0.25) is 0 Å². The van der Waals surface area contributed by atoms with E-state index in [4.69, 9.17) is 0 Å². The first-order chi connectivity index (χ1) is 13.6. The molecule has 3 aromatic rings. The van der Waals surface area contributed by atoms with Crippen LogP contribution in [-0.4, -0.2) is 10.2 Å². The minimum Gasteiger partial charge on any atom is -0.508 e. The van der Waals surface area contributed by atoms with E-state index < -0.39 is 5.41 Å². The lowest BCUT2D eigenvalue weighted by molar-refractivity contribution is 0.431. The molecule has 0 aromatic heterocycles. The third-order valence-electron chi connectivity index (χ3n) is 5.49. The molecule has 2 heteroatoms. The molecule has 0 aliphatic heterocycles. The van der Waals surface area contributed by atoms with E-state index in [0.29, 0.717) is 0 Å². The summed E-state index contributed by atoms with van der Waals surface area (Å²) in [7, 11) is 0. The van der Waals surface area contributed by atoms with Crippen LogP contribution in [0.25, 0.3) is 11.1 Å². The van der Waals surface area contributed by atoms with Crippen LogP contribution in [0.3, 0.4) is 0 Å². The molecule has 0 amide bonds. The fraction of sp³-hybridized carbons (Fsp3) is 0.0769. The molecule has 0 fully saturated rings. The van der Waals surface area contributed by atoms with Crippen LogP contribution in [0.15, 0.2) is 109 Å². The SMILES string of the molecule is C=C/C(O)=C\C(=C/C)C1(c2cccc(O)c2)c2ccccc2-c2ccccc21. The van der Waals surface area contributed by atoms with E-state index in [2.05, 4.69) is 30.8 Å². The molecule has 0 heterocycles. The summed E-state index contributed by atoms with van der Waals surface area (Å²) in [5, 5.41) is 20.6. The van der Waals surface area contributed by atoms with Gasteiger partial charge in [0.1, 0.15) is 11.5 Å². The molecule has 1 aliphatic carbocycles. The maximum Gasteiger partial charge on any atom is 0.115 e. The molecule has 2 nitrogen and oxygen atoms in total. The average molecular weight is 366 g/mol. The zero-order valence-corrected chi connectivity index (χ0v) is 15.8. The second kappa shape index (κ2) is 6.90. The molecule has 4 rings (SSSR count). The number of aliphatic hydroxyl groups excluding tert-OH is 1. The number of aromatic hydroxyl groups is 1. The van der Waals surface area contributed by atoms with Crippen molar-refractivity contribution in [3.8, 4) is 16.9 Å². The first kappa shape index (κ1) is 17.9. The minimum atomic E-state index is -0.641. The van der Waals surface area contributed by atoms with Gasteiger partial charge in [-0.15, -0.1) is 0 Å². The van der Waals surface area contributed by atoms with E-state index >= 15 is 0 Å². The van der Waals surface area contributed by atoms with Crippen molar-refractivity contribution in [3.63, 3.8) is 0 Å². The third kappa shape index (κ3) is 2.49. The highest BCUT2D eigenvalue weighted by Crippen LogP contribution is 2.56. The van der Waals surface area contributed by atoms with Gasteiger partial charge in [-0.25, -0.2) is 0 Å². The van der Waals surface area contributed by atoms with Gasteiger partial charge < -0.3 is 10.2 Å². The Labute approximate surface area is 165 Å². The fourth-order valence-electron chi connectivity index (χ4n) is 4.39. The second-order valence-corrected chi connectivity index (χ2v) is 6.91. The Morgan fingerprint density at radius 2 is 1.50 bits per heavy atom. The van der Waals surface area contributed by atoms with Crippen LogP contribution in [0.4, 0.5) is 0 Å². The lowest BCUT2D eigenvalue weighted by Gasteiger charge is -2.34. The quantitative estimate of drug-likeness (QED) is 0.421. The predicted octanol–water partition coefficient (Wildman–Crippen LogP) is 6.28. The maximum absolute atomic E-state index is 10.3. The number of rotatable bonds is 4. The van der Waals surface area contributed by atoms with E-state index in [1.165, 1.54) is 6.08 Å². The lowest BCUT2D eigenvalue weighted by Crippen LogP contribution is -2.29. The third-order valence-corrected chi connectivity index (χ3v) is 5.49. The van der Waals surface area contributed by atoms with Crippen LogP contribution >= 0.6 is 0 Å². The van der Waals surface area contributed by atoms with Crippen molar-refractivity contribution in [1.82, 2.24) is 0 Å². The highest BCUT2D eigenvalue weighted by molar-refractivity contribution is 5.86. The first-order valence-corrected chi connectivity index (χ1v) is 9.31. The highest BCUT2D eigenvalue weighted by Gasteiger charge is 2.46. The Hall–Kier alpha value is -3.52. The average Bonchev–Trinajstić information content (AvgIpc) is 3.03. The van der Waals surface area contributed by atoms with Crippen molar-refractivity contribution >= 4 is 0 Å². The van der Waals surface area contributed by atoms with E-state index in [9.17, 15) is 10.2 Å². The number of hydrogen-bond donors (Lipinski definition) is 2. The molecule has 3 aromatic carbocycles. The van der Waals surface area contributed by atoms with Crippen molar-refractivity contribution in [2.45, 2.75) is 12.3 Å². The summed E-state index contributed by atoms with van der Waals surface area (Å²) in [6.07, 6.45) is 5.21. The second-order valence-electron chi connectivity index (χ2n) is 6.91. The lowest BCUT2D eigenvalue weighted by atomic mass is 9.67. The molecule has 0 unspecified atom stereocenters. The Bertz CT molecular complexity index is 1070. The fourth-order valence-corrected chi connectivity index (χ4v) is 4.39. The largest absolute Gasteiger partial charge is 0.508 e. The van der Waals surface area contributed by atoms with Gasteiger partial charge in [-0.3, -0.25) is 0 Å². The van der Waals surface area contributed by atoms with E-state index in [-0.39, 0.29) is 11.5 Å². The van der Waals surface area contributed by atoms with Gasteiger partial charge in [-0.2, -0.15) is 0 Å². The van der Waals surface area contributed by atoms with Gasteiger partial charge in [-0.05, 0) is 64.6 Å². The maximum atomic E-state index is 10.3. The minimum absolute atomic E-state index is 0.106. The predicted molar refractivity (Wildman–Crippen MR) is 115 cm³/mol. The molecule has 0 saturated heterocycles. The summed E-state index contributed by atoms with van der Waals surface area (Å²) in [5.74, 6) is 0.320. The number of benzene rings is 3. The summed E-state index contributed by atoms with van der Waals surface area (Å²) in [4.78, 5) is 0. The van der Waals surface area contributed by atoms with Crippen molar-refractivity contribution in [2.75, 3.05) is 0 Å². The molecule has 138 valence electrons. The molecule has 2 N–H and O–H groups in total. The number of allylic oxidation sites excluding steroid dienone is 4. The summed E-state index contributed by atoms with van der Waals surface area (Å²) in [5.41, 5.74) is 5.81. The number of phenols is 1. The first-order valence-electron chi connectivity index (χ1n) is 9.31. The van der Waals surface area contributed by atoms with Gasteiger partial charge in [0.05, 0.1) is 5.41 Å². The van der Waals surface area contributed by atoms with Gasteiger partial charge in [0.25, 0.3) is 0 Å².